The number of carbonyl (C=O) groups is 1. The van der Waals surface area contributed by atoms with E-state index in [1.54, 1.807) is 0 Å². The quantitative estimate of drug-likeness (QED) is 0.595. The van der Waals surface area contributed by atoms with Gasteiger partial charge in [-0.1, -0.05) is 11.6 Å². The van der Waals surface area contributed by atoms with Crippen LogP contribution in [0.2, 0.25) is 5.15 Å². The van der Waals surface area contributed by atoms with Crippen molar-refractivity contribution in [2.45, 2.75) is 0 Å². The number of halogens is 2. The molecule has 0 bridgehead atoms. The minimum atomic E-state index is -1.14. The lowest BCUT2D eigenvalue weighted by atomic mass is 10.3. The fourth-order valence-electron chi connectivity index (χ4n) is 0.485. The first-order chi connectivity index (χ1) is 5.11. The predicted molar refractivity (Wildman–Crippen MR) is 41.7 cm³/mol. The van der Waals surface area contributed by atoms with E-state index >= 15 is 0 Å². The lowest BCUT2D eigenvalue weighted by molar-refractivity contribution is 0.0696. The third kappa shape index (κ3) is 1.87. The summed E-state index contributed by atoms with van der Waals surface area (Å²) < 4.78 is 0.271. The van der Waals surface area contributed by atoms with Crippen molar-refractivity contribution < 1.29 is 9.90 Å². The third-order valence-electron chi connectivity index (χ3n) is 0.943. The van der Waals surface area contributed by atoms with E-state index in [4.69, 9.17) is 16.7 Å². The van der Waals surface area contributed by atoms with Gasteiger partial charge in [-0.2, -0.15) is 0 Å². The highest BCUT2D eigenvalue weighted by Gasteiger charge is 2.09. The van der Waals surface area contributed by atoms with Gasteiger partial charge in [0, 0.05) is 6.20 Å². The first kappa shape index (κ1) is 8.42. The molecule has 0 saturated heterocycles. The Balaban J connectivity index is 3.20. The standard InChI is InChI=1S/C5H2BrClN2O2/c6-5-8-1-2(4(10)11)3(7)9-5/h1H,(H,10,11). The molecule has 0 aliphatic rings. The summed E-state index contributed by atoms with van der Waals surface area (Å²) in [5, 5.41) is 8.41. The number of nitrogens with zero attached hydrogens (tertiary/aromatic N) is 2. The molecule has 1 aromatic heterocycles. The molecule has 0 aliphatic carbocycles. The highest BCUT2D eigenvalue weighted by atomic mass is 79.9. The minimum Gasteiger partial charge on any atom is -0.478 e. The molecule has 0 aliphatic heterocycles. The van der Waals surface area contributed by atoms with Gasteiger partial charge in [-0.15, -0.1) is 0 Å². The van der Waals surface area contributed by atoms with Crippen LogP contribution in [0.3, 0.4) is 0 Å². The second-order valence-electron chi connectivity index (χ2n) is 1.65. The van der Waals surface area contributed by atoms with Crippen molar-refractivity contribution in [1.82, 2.24) is 9.97 Å². The van der Waals surface area contributed by atoms with E-state index in [1.165, 1.54) is 0 Å². The summed E-state index contributed by atoms with van der Waals surface area (Å²) in [6, 6.07) is 0. The molecule has 0 spiro atoms. The molecule has 1 N–H and O–H groups in total. The van der Waals surface area contributed by atoms with Crippen LogP contribution in [0.1, 0.15) is 10.4 Å². The zero-order valence-corrected chi connectivity index (χ0v) is 7.43. The molecule has 1 rings (SSSR count). The number of hydrogen-bond acceptors (Lipinski definition) is 3. The van der Waals surface area contributed by atoms with Crippen molar-refractivity contribution in [3.05, 3.63) is 21.6 Å². The Morgan fingerprint density at radius 3 is 2.82 bits per heavy atom. The average Bonchev–Trinajstić information content (AvgIpc) is 1.85. The van der Waals surface area contributed by atoms with Crippen molar-refractivity contribution in [3.63, 3.8) is 0 Å². The van der Waals surface area contributed by atoms with Gasteiger partial charge < -0.3 is 5.11 Å². The predicted octanol–water partition coefficient (Wildman–Crippen LogP) is 1.59. The third-order valence-corrected chi connectivity index (χ3v) is 1.61. The van der Waals surface area contributed by atoms with Gasteiger partial charge in [0.15, 0.2) is 4.73 Å². The molecule has 0 radical (unpaired) electrons. The topological polar surface area (TPSA) is 63.1 Å². The number of carboxylic acids is 1. The fraction of sp³-hybridized carbons (Fsp3) is 0. The van der Waals surface area contributed by atoms with Crippen LogP contribution >= 0.6 is 27.5 Å². The van der Waals surface area contributed by atoms with Gasteiger partial charge in [0.25, 0.3) is 0 Å². The Labute approximate surface area is 75.4 Å². The van der Waals surface area contributed by atoms with E-state index in [9.17, 15) is 4.79 Å². The Hall–Kier alpha value is -0.680. The summed E-state index contributed by atoms with van der Waals surface area (Å²) in [5.74, 6) is -1.14. The van der Waals surface area contributed by atoms with E-state index in [2.05, 4.69) is 25.9 Å². The highest BCUT2D eigenvalue weighted by Crippen LogP contribution is 2.13. The van der Waals surface area contributed by atoms with Gasteiger partial charge in [-0.3, -0.25) is 0 Å². The summed E-state index contributed by atoms with van der Waals surface area (Å²) >= 11 is 8.41. The molecule has 1 heterocycles. The van der Waals surface area contributed by atoms with Gasteiger partial charge >= 0.3 is 5.97 Å². The zero-order chi connectivity index (χ0) is 8.43. The number of hydrogen-bond donors (Lipinski definition) is 1. The van der Waals surface area contributed by atoms with E-state index in [-0.39, 0.29) is 15.5 Å². The van der Waals surface area contributed by atoms with Crippen LogP contribution in [0.15, 0.2) is 10.9 Å². The number of carboxylic acid groups (broad SMARTS) is 1. The summed E-state index contributed by atoms with van der Waals surface area (Å²) in [6.07, 6.45) is 1.14. The van der Waals surface area contributed by atoms with Gasteiger partial charge in [0.1, 0.15) is 10.7 Å². The van der Waals surface area contributed by atoms with E-state index in [0.29, 0.717) is 0 Å². The van der Waals surface area contributed by atoms with Crippen molar-refractivity contribution >= 4 is 33.5 Å². The van der Waals surface area contributed by atoms with E-state index < -0.39 is 5.97 Å². The van der Waals surface area contributed by atoms with Crippen molar-refractivity contribution in [3.8, 4) is 0 Å². The average molecular weight is 237 g/mol. The first-order valence-corrected chi connectivity index (χ1v) is 3.69. The molecule has 6 heteroatoms. The first-order valence-electron chi connectivity index (χ1n) is 2.52. The summed E-state index contributed by atoms with van der Waals surface area (Å²) in [4.78, 5) is 17.5. The molecule has 11 heavy (non-hydrogen) atoms. The SMILES string of the molecule is O=C(O)c1cnc(Br)nc1Cl. The van der Waals surface area contributed by atoms with Crippen LogP contribution in [0.5, 0.6) is 0 Å². The van der Waals surface area contributed by atoms with Gasteiger partial charge in [0.2, 0.25) is 0 Å². The normalized spacial score (nSPS) is 9.64. The number of rotatable bonds is 1. The summed E-state index contributed by atoms with van der Waals surface area (Å²) in [7, 11) is 0. The van der Waals surface area contributed by atoms with E-state index in [1.807, 2.05) is 0 Å². The Bertz CT molecular complexity index is 305. The maximum absolute atomic E-state index is 10.4. The lowest BCUT2D eigenvalue weighted by Crippen LogP contribution is -2.00. The molecular weight excluding hydrogens is 235 g/mol. The van der Waals surface area contributed by atoms with Crippen molar-refractivity contribution in [2.75, 3.05) is 0 Å². The Kier molecular flexibility index (Phi) is 2.41. The molecule has 1 aromatic rings. The molecule has 0 saturated carbocycles. The summed E-state index contributed by atoms with van der Waals surface area (Å²) in [5.41, 5.74) is -0.102. The van der Waals surface area contributed by atoms with Crippen LogP contribution in [-0.2, 0) is 0 Å². The molecule has 0 atom stereocenters. The monoisotopic (exact) mass is 236 g/mol. The Morgan fingerprint density at radius 2 is 2.36 bits per heavy atom. The second kappa shape index (κ2) is 3.15. The molecule has 0 fully saturated rings. The molecule has 0 amide bonds. The van der Waals surface area contributed by atoms with Crippen LogP contribution in [0, 0.1) is 0 Å². The van der Waals surface area contributed by atoms with Crippen LogP contribution in [-0.4, -0.2) is 21.0 Å². The van der Waals surface area contributed by atoms with Crippen LogP contribution in [0.4, 0.5) is 0 Å². The minimum absolute atomic E-state index is 0.0700. The maximum atomic E-state index is 10.4. The lowest BCUT2D eigenvalue weighted by Gasteiger charge is -1.95. The summed E-state index contributed by atoms with van der Waals surface area (Å²) in [6.45, 7) is 0. The van der Waals surface area contributed by atoms with Gasteiger partial charge in [0.05, 0.1) is 0 Å². The van der Waals surface area contributed by atoms with Crippen molar-refractivity contribution in [2.24, 2.45) is 0 Å². The molecule has 0 unspecified atom stereocenters. The number of aromatic carboxylic acids is 1. The number of aromatic nitrogens is 2. The smallest absolute Gasteiger partial charge is 0.340 e. The molecular formula is C5H2BrClN2O2. The van der Waals surface area contributed by atoms with Gasteiger partial charge in [-0.25, -0.2) is 14.8 Å². The second-order valence-corrected chi connectivity index (χ2v) is 2.72. The largest absolute Gasteiger partial charge is 0.478 e. The van der Waals surface area contributed by atoms with Crippen LogP contribution < -0.4 is 0 Å². The Morgan fingerprint density at radius 1 is 1.73 bits per heavy atom. The fourth-order valence-corrected chi connectivity index (χ4v) is 1.08. The highest BCUT2D eigenvalue weighted by molar-refractivity contribution is 9.10. The zero-order valence-electron chi connectivity index (χ0n) is 5.08. The van der Waals surface area contributed by atoms with Crippen LogP contribution in [0.25, 0.3) is 0 Å². The molecule has 58 valence electrons. The maximum Gasteiger partial charge on any atom is 0.340 e. The molecule has 0 aromatic carbocycles. The van der Waals surface area contributed by atoms with E-state index in [0.717, 1.165) is 6.20 Å². The van der Waals surface area contributed by atoms with Crippen molar-refractivity contribution in [1.29, 1.82) is 0 Å². The van der Waals surface area contributed by atoms with Gasteiger partial charge in [-0.05, 0) is 15.9 Å². The molecule has 4 nitrogen and oxygen atoms in total.